The van der Waals surface area contributed by atoms with E-state index in [0.717, 1.165) is 0 Å². The topological polar surface area (TPSA) is 30.5 Å². The molecule has 1 aromatic rings. The molecule has 3 rings (SSSR count). The van der Waals surface area contributed by atoms with Crippen LogP contribution in [-0.4, -0.2) is 19.0 Å². The fourth-order valence-corrected chi connectivity index (χ4v) is 3.02. The van der Waals surface area contributed by atoms with E-state index in [1.165, 1.54) is 0 Å². The molecule has 2 aliphatic rings. The molecular weight excluding hydrogens is 307 g/mol. The Hall–Kier alpha value is -1.30. The highest BCUT2D eigenvalue weighted by atomic mass is 35.5. The average Bonchev–Trinajstić information content (AvgIpc) is 2.86. The van der Waals surface area contributed by atoms with Gasteiger partial charge >= 0.3 is 6.18 Å². The molecule has 0 amide bonds. The van der Waals surface area contributed by atoms with Crippen LogP contribution in [0, 0.1) is 5.92 Å². The summed E-state index contributed by atoms with van der Waals surface area (Å²) < 4.78 is 48.4. The van der Waals surface area contributed by atoms with Crippen molar-refractivity contribution in [2.24, 2.45) is 5.92 Å². The van der Waals surface area contributed by atoms with Crippen LogP contribution in [0.1, 0.15) is 25.7 Å². The molecule has 1 fully saturated rings. The van der Waals surface area contributed by atoms with E-state index in [1.54, 1.807) is 12.1 Å². The van der Waals surface area contributed by atoms with Crippen LogP contribution >= 0.6 is 11.6 Å². The number of benzene rings is 1. The standard InChI is InChI=1S/C14H15ClF3NO2/c15-10-5-12-13(21-7-20-12)6-11(10)19-9-3-1-8(2-4-9)14(16,17)18/h5-6,8-9,19H,1-4,7H2. The van der Waals surface area contributed by atoms with Crippen molar-refractivity contribution >= 4 is 17.3 Å². The summed E-state index contributed by atoms with van der Waals surface area (Å²) in [5.41, 5.74) is 0.677. The molecule has 116 valence electrons. The summed E-state index contributed by atoms with van der Waals surface area (Å²) in [6.07, 6.45) is -2.81. The van der Waals surface area contributed by atoms with Gasteiger partial charge in [-0.05, 0) is 25.7 Å². The number of halogens is 4. The molecule has 0 radical (unpaired) electrons. The first kappa shape index (κ1) is 14.6. The lowest BCUT2D eigenvalue weighted by molar-refractivity contribution is -0.182. The van der Waals surface area contributed by atoms with Crippen LogP contribution in [0.2, 0.25) is 5.02 Å². The Kier molecular flexibility index (Phi) is 3.82. The van der Waals surface area contributed by atoms with Crippen molar-refractivity contribution in [1.29, 1.82) is 0 Å². The molecule has 0 atom stereocenters. The predicted molar refractivity (Wildman–Crippen MR) is 73.0 cm³/mol. The van der Waals surface area contributed by atoms with Crippen molar-refractivity contribution in [2.75, 3.05) is 12.1 Å². The van der Waals surface area contributed by atoms with Crippen LogP contribution in [0.5, 0.6) is 11.5 Å². The first-order chi connectivity index (χ1) is 9.93. The number of anilines is 1. The summed E-state index contributed by atoms with van der Waals surface area (Å²) in [6.45, 7) is 0.159. The van der Waals surface area contributed by atoms with Gasteiger partial charge in [0.1, 0.15) is 0 Å². The van der Waals surface area contributed by atoms with Gasteiger partial charge in [-0.25, -0.2) is 0 Å². The third-order valence-electron chi connectivity index (χ3n) is 4.01. The van der Waals surface area contributed by atoms with Crippen LogP contribution in [-0.2, 0) is 0 Å². The summed E-state index contributed by atoms with van der Waals surface area (Å²) in [6, 6.07) is 3.40. The summed E-state index contributed by atoms with van der Waals surface area (Å²) in [5.74, 6) is 0.0139. The minimum atomic E-state index is -4.08. The van der Waals surface area contributed by atoms with E-state index in [0.29, 0.717) is 35.1 Å². The second-order valence-electron chi connectivity index (χ2n) is 5.42. The van der Waals surface area contributed by atoms with Gasteiger partial charge in [0.15, 0.2) is 11.5 Å². The molecule has 1 aliphatic carbocycles. The zero-order valence-corrected chi connectivity index (χ0v) is 11.9. The number of ether oxygens (including phenoxy) is 2. The summed E-state index contributed by atoms with van der Waals surface area (Å²) in [5, 5.41) is 3.70. The molecule has 1 aromatic carbocycles. The number of hydrogen-bond acceptors (Lipinski definition) is 3. The van der Waals surface area contributed by atoms with Crippen molar-refractivity contribution < 1.29 is 22.6 Å². The molecule has 0 aromatic heterocycles. The van der Waals surface area contributed by atoms with Gasteiger partial charge in [0.25, 0.3) is 0 Å². The summed E-state index contributed by atoms with van der Waals surface area (Å²) >= 11 is 6.15. The summed E-state index contributed by atoms with van der Waals surface area (Å²) in [7, 11) is 0. The maximum Gasteiger partial charge on any atom is 0.391 e. The van der Waals surface area contributed by atoms with E-state index in [2.05, 4.69) is 5.32 Å². The largest absolute Gasteiger partial charge is 0.454 e. The van der Waals surface area contributed by atoms with Crippen molar-refractivity contribution in [3.05, 3.63) is 17.2 Å². The Morgan fingerprint density at radius 1 is 1.05 bits per heavy atom. The number of alkyl halides is 3. The molecular formula is C14H15ClF3NO2. The molecule has 1 saturated carbocycles. The quantitative estimate of drug-likeness (QED) is 0.863. The molecule has 7 heteroatoms. The Morgan fingerprint density at radius 3 is 2.29 bits per heavy atom. The van der Waals surface area contributed by atoms with Crippen molar-refractivity contribution in [2.45, 2.75) is 37.9 Å². The van der Waals surface area contributed by atoms with Gasteiger partial charge in [0.05, 0.1) is 16.6 Å². The highest BCUT2D eigenvalue weighted by molar-refractivity contribution is 6.33. The Balaban J connectivity index is 1.63. The number of rotatable bonds is 2. The lowest BCUT2D eigenvalue weighted by Gasteiger charge is -2.31. The van der Waals surface area contributed by atoms with E-state index in [9.17, 15) is 13.2 Å². The number of hydrogen-bond donors (Lipinski definition) is 1. The zero-order chi connectivity index (χ0) is 15.0. The van der Waals surface area contributed by atoms with Crippen LogP contribution in [0.4, 0.5) is 18.9 Å². The Morgan fingerprint density at radius 2 is 1.67 bits per heavy atom. The Bertz CT molecular complexity index is 528. The van der Waals surface area contributed by atoms with Gasteiger partial charge < -0.3 is 14.8 Å². The third-order valence-corrected chi connectivity index (χ3v) is 4.32. The van der Waals surface area contributed by atoms with Crippen LogP contribution < -0.4 is 14.8 Å². The van der Waals surface area contributed by atoms with E-state index in [1.807, 2.05) is 0 Å². The fourth-order valence-electron chi connectivity index (χ4n) is 2.81. The van der Waals surface area contributed by atoms with Gasteiger partial charge in [-0.1, -0.05) is 11.6 Å². The highest BCUT2D eigenvalue weighted by Crippen LogP contribution is 2.41. The molecule has 0 bridgehead atoms. The van der Waals surface area contributed by atoms with Crippen molar-refractivity contribution in [3.8, 4) is 11.5 Å². The van der Waals surface area contributed by atoms with E-state index >= 15 is 0 Å². The van der Waals surface area contributed by atoms with E-state index < -0.39 is 12.1 Å². The van der Waals surface area contributed by atoms with Crippen molar-refractivity contribution in [1.82, 2.24) is 0 Å². The fraction of sp³-hybridized carbons (Fsp3) is 0.571. The first-order valence-corrected chi connectivity index (χ1v) is 7.23. The van der Waals surface area contributed by atoms with Gasteiger partial charge in [0.2, 0.25) is 6.79 Å². The molecule has 3 nitrogen and oxygen atoms in total. The summed E-state index contributed by atoms with van der Waals surface area (Å²) in [4.78, 5) is 0. The molecule has 0 saturated heterocycles. The molecule has 0 unspecified atom stereocenters. The monoisotopic (exact) mass is 321 g/mol. The molecule has 1 aliphatic heterocycles. The average molecular weight is 322 g/mol. The van der Waals surface area contributed by atoms with Gasteiger partial charge in [0, 0.05) is 18.2 Å². The maximum atomic E-state index is 12.6. The predicted octanol–water partition coefficient (Wildman–Crippen LogP) is 4.60. The van der Waals surface area contributed by atoms with Gasteiger partial charge in [-0.2, -0.15) is 13.2 Å². The van der Waals surface area contributed by atoms with Gasteiger partial charge in [-0.3, -0.25) is 0 Å². The lowest BCUT2D eigenvalue weighted by atomic mass is 9.85. The SMILES string of the molecule is FC(F)(F)C1CCC(Nc2cc3c(cc2Cl)OCO3)CC1. The molecule has 21 heavy (non-hydrogen) atoms. The second kappa shape index (κ2) is 5.48. The first-order valence-electron chi connectivity index (χ1n) is 6.86. The minimum Gasteiger partial charge on any atom is -0.454 e. The highest BCUT2D eigenvalue weighted by Gasteiger charge is 2.41. The molecule has 0 spiro atoms. The van der Waals surface area contributed by atoms with Crippen LogP contribution in [0.3, 0.4) is 0 Å². The van der Waals surface area contributed by atoms with Crippen LogP contribution in [0.15, 0.2) is 12.1 Å². The lowest BCUT2D eigenvalue weighted by Crippen LogP contribution is -2.32. The third kappa shape index (κ3) is 3.15. The second-order valence-corrected chi connectivity index (χ2v) is 5.83. The number of nitrogens with one attached hydrogen (secondary N) is 1. The van der Waals surface area contributed by atoms with E-state index in [-0.39, 0.29) is 25.7 Å². The molecule has 1 N–H and O–H groups in total. The van der Waals surface area contributed by atoms with Crippen molar-refractivity contribution in [3.63, 3.8) is 0 Å². The van der Waals surface area contributed by atoms with Gasteiger partial charge in [-0.15, -0.1) is 0 Å². The van der Waals surface area contributed by atoms with Crippen LogP contribution in [0.25, 0.3) is 0 Å². The normalized spacial score (nSPS) is 25.0. The van der Waals surface area contributed by atoms with E-state index in [4.69, 9.17) is 21.1 Å². The smallest absolute Gasteiger partial charge is 0.391 e. The number of fused-ring (bicyclic) bond motifs is 1. The maximum absolute atomic E-state index is 12.6. The Labute approximate surface area is 125 Å². The zero-order valence-electron chi connectivity index (χ0n) is 11.2. The molecule has 1 heterocycles. The minimum absolute atomic E-state index is 0.00136.